The molecule has 0 radical (unpaired) electrons. The molecular weight excluding hydrogens is 208 g/mol. The second kappa shape index (κ2) is 3.79. The number of hydrogen-bond donors (Lipinski definition) is 1. The Balaban J connectivity index is 2.41. The molecule has 2 aromatic rings. The summed E-state index contributed by atoms with van der Waals surface area (Å²) in [7, 11) is 0. The van der Waals surface area contributed by atoms with Gasteiger partial charge in [0.05, 0.1) is 11.7 Å². The van der Waals surface area contributed by atoms with Crippen LogP contribution in [0.5, 0.6) is 0 Å². The van der Waals surface area contributed by atoms with Crippen LogP contribution in [-0.2, 0) is 0 Å². The van der Waals surface area contributed by atoms with E-state index < -0.39 is 0 Å². The van der Waals surface area contributed by atoms with Crippen molar-refractivity contribution in [1.29, 1.82) is 0 Å². The fourth-order valence-corrected chi connectivity index (χ4v) is 2.28. The zero-order chi connectivity index (χ0) is 11.0. The molecule has 0 aliphatic rings. The Hall–Kier alpha value is -1.13. The second-order valence-electron chi connectivity index (χ2n) is 3.69. The highest BCUT2D eigenvalue weighted by Crippen LogP contribution is 2.29. The van der Waals surface area contributed by atoms with Gasteiger partial charge in [0.25, 0.3) is 0 Å². The van der Waals surface area contributed by atoms with E-state index in [1.165, 1.54) is 0 Å². The normalized spacial score (nSPS) is 13.1. The van der Waals surface area contributed by atoms with Gasteiger partial charge in [0.15, 0.2) is 0 Å². The Kier molecular flexibility index (Phi) is 2.63. The summed E-state index contributed by atoms with van der Waals surface area (Å²) in [6.45, 7) is 5.83. The highest BCUT2D eigenvalue weighted by atomic mass is 32.1. The fraction of sp³-hybridized carbons (Fsp3) is 0.364. The van der Waals surface area contributed by atoms with Gasteiger partial charge in [-0.05, 0) is 26.8 Å². The zero-order valence-corrected chi connectivity index (χ0v) is 9.89. The third kappa shape index (κ3) is 1.96. The van der Waals surface area contributed by atoms with Gasteiger partial charge in [0.2, 0.25) is 0 Å². The molecule has 2 aromatic heterocycles. The van der Waals surface area contributed by atoms with Crippen LogP contribution in [-0.4, -0.2) is 4.98 Å². The number of aromatic nitrogens is 1. The Morgan fingerprint density at radius 3 is 2.67 bits per heavy atom. The molecule has 0 amide bonds. The first-order valence-electron chi connectivity index (χ1n) is 4.86. The summed E-state index contributed by atoms with van der Waals surface area (Å²) in [5, 5.41) is 2.99. The maximum Gasteiger partial charge on any atom is 0.110 e. The van der Waals surface area contributed by atoms with Crippen molar-refractivity contribution in [1.82, 2.24) is 4.98 Å². The average molecular weight is 222 g/mol. The second-order valence-corrected chi connectivity index (χ2v) is 4.58. The lowest BCUT2D eigenvalue weighted by Crippen LogP contribution is -2.03. The first-order chi connectivity index (χ1) is 7.08. The van der Waals surface area contributed by atoms with E-state index in [1.54, 1.807) is 11.3 Å². The van der Waals surface area contributed by atoms with Crippen molar-refractivity contribution in [3.63, 3.8) is 0 Å². The maximum absolute atomic E-state index is 5.77. The molecule has 1 unspecified atom stereocenters. The number of nitrogens with two attached hydrogens (primary N) is 1. The Bertz CT molecular complexity index is 471. The molecule has 0 fully saturated rings. The molecule has 2 heterocycles. The minimum atomic E-state index is -0.00273. The fourth-order valence-electron chi connectivity index (χ4n) is 1.51. The summed E-state index contributed by atoms with van der Waals surface area (Å²) in [5.74, 6) is 1.83. The van der Waals surface area contributed by atoms with Crippen LogP contribution in [0.25, 0.3) is 11.3 Å². The SMILES string of the molecule is Cc1cc(-c2csc(C(C)N)n2)c(C)o1. The Morgan fingerprint density at radius 2 is 2.20 bits per heavy atom. The van der Waals surface area contributed by atoms with Crippen molar-refractivity contribution in [3.05, 3.63) is 28.0 Å². The van der Waals surface area contributed by atoms with Crippen molar-refractivity contribution in [3.8, 4) is 11.3 Å². The van der Waals surface area contributed by atoms with E-state index in [2.05, 4.69) is 4.98 Å². The Labute approximate surface area is 92.9 Å². The molecule has 0 aliphatic heterocycles. The first kappa shape index (κ1) is 10.4. The topological polar surface area (TPSA) is 52.0 Å². The third-order valence-electron chi connectivity index (χ3n) is 2.23. The monoisotopic (exact) mass is 222 g/mol. The molecule has 1 atom stereocenters. The van der Waals surface area contributed by atoms with E-state index in [0.717, 1.165) is 27.8 Å². The van der Waals surface area contributed by atoms with Crippen LogP contribution < -0.4 is 5.73 Å². The predicted molar refractivity (Wildman–Crippen MR) is 61.9 cm³/mol. The van der Waals surface area contributed by atoms with Crippen LogP contribution in [0.1, 0.15) is 29.5 Å². The standard InChI is InChI=1S/C11H14N2OS/c1-6-4-9(8(3)14-6)10-5-15-11(13-10)7(2)12/h4-5,7H,12H2,1-3H3. The lowest BCUT2D eigenvalue weighted by atomic mass is 10.2. The number of nitrogens with zero attached hydrogens (tertiary/aromatic N) is 1. The quantitative estimate of drug-likeness (QED) is 0.849. The molecule has 15 heavy (non-hydrogen) atoms. The molecule has 0 aromatic carbocycles. The van der Waals surface area contributed by atoms with E-state index in [-0.39, 0.29) is 6.04 Å². The molecular formula is C11H14N2OS. The van der Waals surface area contributed by atoms with Crippen molar-refractivity contribution >= 4 is 11.3 Å². The summed E-state index contributed by atoms with van der Waals surface area (Å²) in [6, 6.07) is 2.01. The molecule has 2 rings (SSSR count). The molecule has 80 valence electrons. The van der Waals surface area contributed by atoms with Crippen molar-refractivity contribution in [2.24, 2.45) is 5.73 Å². The van der Waals surface area contributed by atoms with Gasteiger partial charge in [-0.15, -0.1) is 11.3 Å². The third-order valence-corrected chi connectivity index (χ3v) is 3.27. The van der Waals surface area contributed by atoms with Crippen LogP contribution in [0.3, 0.4) is 0 Å². The van der Waals surface area contributed by atoms with Crippen molar-refractivity contribution < 1.29 is 4.42 Å². The largest absolute Gasteiger partial charge is 0.466 e. The van der Waals surface area contributed by atoms with Gasteiger partial charge in [-0.3, -0.25) is 0 Å². The van der Waals surface area contributed by atoms with Gasteiger partial charge in [-0.1, -0.05) is 0 Å². The maximum atomic E-state index is 5.77. The molecule has 3 nitrogen and oxygen atoms in total. The van der Waals surface area contributed by atoms with Crippen molar-refractivity contribution in [2.45, 2.75) is 26.8 Å². The number of thiazole rings is 1. The van der Waals surface area contributed by atoms with Gasteiger partial charge < -0.3 is 10.2 Å². The summed E-state index contributed by atoms with van der Waals surface area (Å²) >= 11 is 1.59. The van der Waals surface area contributed by atoms with Crippen LogP contribution in [0, 0.1) is 13.8 Å². The molecule has 0 bridgehead atoms. The molecule has 4 heteroatoms. The number of hydrogen-bond acceptors (Lipinski definition) is 4. The van der Waals surface area contributed by atoms with E-state index in [1.807, 2.05) is 32.2 Å². The van der Waals surface area contributed by atoms with E-state index in [0.29, 0.717) is 0 Å². The molecule has 2 N–H and O–H groups in total. The smallest absolute Gasteiger partial charge is 0.110 e. The van der Waals surface area contributed by atoms with Crippen molar-refractivity contribution in [2.75, 3.05) is 0 Å². The number of rotatable bonds is 2. The zero-order valence-electron chi connectivity index (χ0n) is 9.07. The summed E-state index contributed by atoms with van der Waals surface area (Å²) < 4.78 is 5.47. The summed E-state index contributed by atoms with van der Waals surface area (Å²) in [5.41, 5.74) is 7.80. The summed E-state index contributed by atoms with van der Waals surface area (Å²) in [6.07, 6.45) is 0. The number of furan rings is 1. The van der Waals surface area contributed by atoms with Gasteiger partial charge in [-0.2, -0.15) is 0 Å². The first-order valence-corrected chi connectivity index (χ1v) is 5.74. The van der Waals surface area contributed by atoms with Gasteiger partial charge in [0.1, 0.15) is 16.5 Å². The van der Waals surface area contributed by atoms with E-state index in [9.17, 15) is 0 Å². The highest BCUT2D eigenvalue weighted by Gasteiger charge is 2.12. The lowest BCUT2D eigenvalue weighted by molar-refractivity contribution is 0.505. The number of aryl methyl sites for hydroxylation is 2. The highest BCUT2D eigenvalue weighted by molar-refractivity contribution is 7.10. The van der Waals surface area contributed by atoms with E-state index >= 15 is 0 Å². The molecule has 0 spiro atoms. The molecule has 0 saturated carbocycles. The molecule has 0 aliphatic carbocycles. The van der Waals surface area contributed by atoms with Gasteiger partial charge in [-0.25, -0.2) is 4.98 Å². The van der Waals surface area contributed by atoms with Crippen LogP contribution in [0.2, 0.25) is 0 Å². The Morgan fingerprint density at radius 1 is 1.47 bits per heavy atom. The van der Waals surface area contributed by atoms with Crippen LogP contribution in [0.15, 0.2) is 15.9 Å². The van der Waals surface area contributed by atoms with Gasteiger partial charge in [0, 0.05) is 10.9 Å². The van der Waals surface area contributed by atoms with Gasteiger partial charge >= 0.3 is 0 Å². The predicted octanol–water partition coefficient (Wildman–Crippen LogP) is 3.04. The summed E-state index contributed by atoms with van der Waals surface area (Å²) in [4.78, 5) is 4.49. The molecule has 0 saturated heterocycles. The minimum Gasteiger partial charge on any atom is -0.466 e. The average Bonchev–Trinajstić information content (AvgIpc) is 2.71. The van der Waals surface area contributed by atoms with Crippen LogP contribution in [0.4, 0.5) is 0 Å². The lowest BCUT2D eigenvalue weighted by Gasteiger charge is -1.97. The van der Waals surface area contributed by atoms with E-state index in [4.69, 9.17) is 10.2 Å². The van der Waals surface area contributed by atoms with Crippen LogP contribution >= 0.6 is 11.3 Å². The minimum absolute atomic E-state index is 0.00273.